The van der Waals surface area contributed by atoms with E-state index in [2.05, 4.69) is 15.9 Å². The zero-order valence-corrected chi connectivity index (χ0v) is 12.5. The van der Waals surface area contributed by atoms with Crippen LogP contribution in [0.15, 0.2) is 33.4 Å². The summed E-state index contributed by atoms with van der Waals surface area (Å²) >= 11 is 5.06. The molecule has 96 valence electrons. The van der Waals surface area contributed by atoms with Gasteiger partial charge in [0.25, 0.3) is 0 Å². The van der Waals surface area contributed by atoms with Crippen LogP contribution in [0.25, 0.3) is 0 Å². The lowest BCUT2D eigenvalue weighted by Gasteiger charge is -2.13. The van der Waals surface area contributed by atoms with Gasteiger partial charge in [-0.25, -0.2) is 0 Å². The normalized spacial score (nSPS) is 12.2. The zero-order valence-electron chi connectivity index (χ0n) is 10.1. The standard InChI is InChI=1S/C13H14BrNO2S/c1-16-10-3-8(4-11(6-10)17-2)13(15)9-5-12(14)18-7-9/h3-7,13H,15H2,1-2H3. The molecule has 0 aliphatic carbocycles. The van der Waals surface area contributed by atoms with E-state index in [0.29, 0.717) is 0 Å². The molecule has 5 heteroatoms. The predicted molar refractivity (Wildman–Crippen MR) is 77.6 cm³/mol. The maximum Gasteiger partial charge on any atom is 0.122 e. The molecule has 0 bridgehead atoms. The summed E-state index contributed by atoms with van der Waals surface area (Å²) < 4.78 is 11.6. The minimum atomic E-state index is -0.184. The van der Waals surface area contributed by atoms with Crippen molar-refractivity contribution in [2.24, 2.45) is 5.73 Å². The number of thiophene rings is 1. The Morgan fingerprint density at radius 1 is 1.06 bits per heavy atom. The Morgan fingerprint density at radius 2 is 1.67 bits per heavy atom. The van der Waals surface area contributed by atoms with Crippen molar-refractivity contribution < 1.29 is 9.47 Å². The molecule has 0 fully saturated rings. The summed E-state index contributed by atoms with van der Waals surface area (Å²) in [5, 5.41) is 2.04. The Labute approximate surface area is 119 Å². The molecule has 2 aromatic rings. The molecule has 0 aliphatic rings. The molecule has 1 unspecified atom stereocenters. The van der Waals surface area contributed by atoms with E-state index in [9.17, 15) is 0 Å². The minimum Gasteiger partial charge on any atom is -0.497 e. The van der Waals surface area contributed by atoms with Crippen molar-refractivity contribution in [2.75, 3.05) is 14.2 Å². The Hall–Kier alpha value is -1.04. The van der Waals surface area contributed by atoms with Crippen molar-refractivity contribution >= 4 is 27.3 Å². The van der Waals surface area contributed by atoms with Crippen LogP contribution in [0.5, 0.6) is 11.5 Å². The van der Waals surface area contributed by atoms with Crippen LogP contribution in [0.3, 0.4) is 0 Å². The minimum absolute atomic E-state index is 0.184. The van der Waals surface area contributed by atoms with Gasteiger partial charge in [-0.3, -0.25) is 0 Å². The van der Waals surface area contributed by atoms with Gasteiger partial charge in [-0.05, 0) is 50.6 Å². The van der Waals surface area contributed by atoms with Crippen molar-refractivity contribution in [3.63, 3.8) is 0 Å². The van der Waals surface area contributed by atoms with Gasteiger partial charge in [0.05, 0.1) is 24.0 Å². The van der Waals surface area contributed by atoms with E-state index in [4.69, 9.17) is 15.2 Å². The van der Waals surface area contributed by atoms with E-state index in [-0.39, 0.29) is 6.04 Å². The first kappa shape index (κ1) is 13.4. The monoisotopic (exact) mass is 327 g/mol. The third kappa shape index (κ3) is 2.85. The van der Waals surface area contributed by atoms with E-state index in [0.717, 1.165) is 26.4 Å². The van der Waals surface area contributed by atoms with Crippen molar-refractivity contribution in [1.29, 1.82) is 0 Å². The van der Waals surface area contributed by atoms with Gasteiger partial charge in [0.1, 0.15) is 11.5 Å². The van der Waals surface area contributed by atoms with Crippen LogP contribution in [0.4, 0.5) is 0 Å². The van der Waals surface area contributed by atoms with E-state index in [1.165, 1.54) is 0 Å². The highest BCUT2D eigenvalue weighted by Gasteiger charge is 2.13. The largest absolute Gasteiger partial charge is 0.497 e. The van der Waals surface area contributed by atoms with Gasteiger partial charge in [-0.2, -0.15) is 0 Å². The van der Waals surface area contributed by atoms with E-state index in [1.807, 2.05) is 29.6 Å². The fourth-order valence-electron chi connectivity index (χ4n) is 1.69. The van der Waals surface area contributed by atoms with Gasteiger partial charge in [0.2, 0.25) is 0 Å². The molecule has 0 radical (unpaired) electrons. The van der Waals surface area contributed by atoms with Crippen molar-refractivity contribution in [2.45, 2.75) is 6.04 Å². The van der Waals surface area contributed by atoms with Crippen molar-refractivity contribution in [3.05, 3.63) is 44.6 Å². The first-order valence-electron chi connectivity index (χ1n) is 5.36. The second-order valence-corrected chi connectivity index (χ2v) is 6.10. The van der Waals surface area contributed by atoms with Crippen molar-refractivity contribution in [3.8, 4) is 11.5 Å². The molecule has 1 aromatic carbocycles. The molecule has 0 saturated heterocycles. The molecule has 3 nitrogen and oxygen atoms in total. The highest BCUT2D eigenvalue weighted by Crippen LogP contribution is 2.31. The van der Waals surface area contributed by atoms with Gasteiger partial charge in [-0.1, -0.05) is 0 Å². The van der Waals surface area contributed by atoms with E-state index in [1.54, 1.807) is 25.6 Å². The van der Waals surface area contributed by atoms with Crippen LogP contribution < -0.4 is 15.2 Å². The summed E-state index contributed by atoms with van der Waals surface area (Å²) in [4.78, 5) is 0. The number of hydrogen-bond donors (Lipinski definition) is 1. The molecule has 1 atom stereocenters. The summed E-state index contributed by atoms with van der Waals surface area (Å²) in [6.45, 7) is 0. The van der Waals surface area contributed by atoms with Crippen LogP contribution in [0.2, 0.25) is 0 Å². The molecule has 2 N–H and O–H groups in total. The number of nitrogens with two attached hydrogens (primary N) is 1. The van der Waals surface area contributed by atoms with E-state index < -0.39 is 0 Å². The smallest absolute Gasteiger partial charge is 0.122 e. The van der Waals surface area contributed by atoms with Crippen LogP contribution in [0.1, 0.15) is 17.2 Å². The maximum absolute atomic E-state index is 6.25. The second-order valence-electron chi connectivity index (χ2n) is 3.81. The van der Waals surface area contributed by atoms with Crippen LogP contribution in [-0.4, -0.2) is 14.2 Å². The first-order chi connectivity index (χ1) is 8.63. The van der Waals surface area contributed by atoms with Gasteiger partial charge < -0.3 is 15.2 Å². The summed E-state index contributed by atoms with van der Waals surface area (Å²) in [6, 6.07) is 7.54. The molecule has 1 heterocycles. The Morgan fingerprint density at radius 3 is 2.11 bits per heavy atom. The number of halogens is 1. The molecule has 1 aromatic heterocycles. The van der Waals surface area contributed by atoms with Gasteiger partial charge >= 0.3 is 0 Å². The molecular formula is C13H14BrNO2S. The highest BCUT2D eigenvalue weighted by molar-refractivity contribution is 9.11. The van der Waals surface area contributed by atoms with Crippen LogP contribution >= 0.6 is 27.3 Å². The number of methoxy groups -OCH3 is 2. The molecule has 0 aliphatic heterocycles. The summed E-state index contributed by atoms with van der Waals surface area (Å²) in [6.07, 6.45) is 0. The number of ether oxygens (including phenoxy) is 2. The fraction of sp³-hybridized carbons (Fsp3) is 0.231. The maximum atomic E-state index is 6.25. The van der Waals surface area contributed by atoms with Crippen LogP contribution in [-0.2, 0) is 0 Å². The number of rotatable bonds is 4. The zero-order chi connectivity index (χ0) is 13.1. The number of benzene rings is 1. The molecular weight excluding hydrogens is 314 g/mol. The van der Waals surface area contributed by atoms with Crippen molar-refractivity contribution in [1.82, 2.24) is 0 Å². The Kier molecular flexibility index (Phi) is 4.27. The van der Waals surface area contributed by atoms with Gasteiger partial charge in [-0.15, -0.1) is 11.3 Å². The fourth-order valence-corrected chi connectivity index (χ4v) is 2.90. The third-order valence-electron chi connectivity index (χ3n) is 2.68. The van der Waals surface area contributed by atoms with Gasteiger partial charge in [0, 0.05) is 6.07 Å². The molecule has 0 amide bonds. The molecule has 0 saturated carbocycles. The average molecular weight is 328 g/mol. The quantitative estimate of drug-likeness (QED) is 0.933. The lowest BCUT2D eigenvalue weighted by Crippen LogP contribution is -2.11. The SMILES string of the molecule is COc1cc(OC)cc(C(N)c2csc(Br)c2)c1. The molecule has 2 rings (SSSR count). The lowest BCUT2D eigenvalue weighted by atomic mass is 10.0. The van der Waals surface area contributed by atoms with Crippen LogP contribution in [0, 0.1) is 0 Å². The second kappa shape index (κ2) is 5.73. The topological polar surface area (TPSA) is 44.5 Å². The summed E-state index contributed by atoms with van der Waals surface area (Å²) in [5.41, 5.74) is 8.29. The third-order valence-corrected chi connectivity index (χ3v) is 4.20. The first-order valence-corrected chi connectivity index (χ1v) is 7.03. The molecule has 18 heavy (non-hydrogen) atoms. The average Bonchev–Trinajstić information content (AvgIpc) is 2.83. The predicted octanol–water partition coefficient (Wildman–Crippen LogP) is 3.58. The summed E-state index contributed by atoms with van der Waals surface area (Å²) in [5.74, 6) is 1.49. The Bertz CT molecular complexity index is 519. The molecule has 0 spiro atoms. The number of hydrogen-bond acceptors (Lipinski definition) is 4. The summed E-state index contributed by atoms with van der Waals surface area (Å²) in [7, 11) is 3.26. The highest BCUT2D eigenvalue weighted by atomic mass is 79.9. The Balaban J connectivity index is 2.37. The van der Waals surface area contributed by atoms with Gasteiger partial charge in [0.15, 0.2) is 0 Å². The van der Waals surface area contributed by atoms with E-state index >= 15 is 0 Å². The lowest BCUT2D eigenvalue weighted by molar-refractivity contribution is 0.393.